The SMILES string of the molecule is CN=C(NCC1(c2cccc(F)c2)CC1)N(C)Cc1cnn(C)c1.I. The van der Waals surface area contributed by atoms with Crippen molar-refractivity contribution in [2.45, 2.75) is 24.8 Å². The molecule has 1 saturated carbocycles. The van der Waals surface area contributed by atoms with Gasteiger partial charge in [0.1, 0.15) is 5.82 Å². The number of hydrogen-bond acceptors (Lipinski definition) is 2. The summed E-state index contributed by atoms with van der Waals surface area (Å²) < 4.78 is 15.3. The van der Waals surface area contributed by atoms with Crippen LogP contribution in [-0.2, 0) is 19.0 Å². The lowest BCUT2D eigenvalue weighted by Gasteiger charge is -2.24. The third kappa shape index (κ3) is 4.71. The van der Waals surface area contributed by atoms with Crippen molar-refractivity contribution in [2.75, 3.05) is 20.6 Å². The van der Waals surface area contributed by atoms with Crippen LogP contribution in [0.15, 0.2) is 41.7 Å². The number of aromatic nitrogens is 2. The summed E-state index contributed by atoms with van der Waals surface area (Å²) in [5.41, 5.74) is 2.24. The molecule has 0 radical (unpaired) electrons. The minimum Gasteiger partial charge on any atom is -0.355 e. The first-order chi connectivity index (χ1) is 11.5. The predicted molar refractivity (Wildman–Crippen MR) is 109 cm³/mol. The first kappa shape index (κ1) is 19.7. The van der Waals surface area contributed by atoms with Gasteiger partial charge in [0.15, 0.2) is 5.96 Å². The lowest BCUT2D eigenvalue weighted by atomic mass is 9.96. The second kappa shape index (κ2) is 8.16. The third-order valence-corrected chi connectivity index (χ3v) is 4.63. The Kier molecular flexibility index (Phi) is 6.42. The molecule has 1 N–H and O–H groups in total. The van der Waals surface area contributed by atoms with Crippen molar-refractivity contribution in [1.82, 2.24) is 20.0 Å². The fourth-order valence-electron chi connectivity index (χ4n) is 3.07. The van der Waals surface area contributed by atoms with E-state index in [1.165, 1.54) is 6.07 Å². The number of nitrogens with one attached hydrogen (secondary N) is 1. The molecule has 2 aromatic rings. The van der Waals surface area contributed by atoms with E-state index in [0.29, 0.717) is 0 Å². The molecule has 3 rings (SSSR count). The summed E-state index contributed by atoms with van der Waals surface area (Å²) in [6.45, 7) is 1.50. The van der Waals surface area contributed by atoms with Crippen molar-refractivity contribution in [3.63, 3.8) is 0 Å². The molecule has 1 aliphatic rings. The summed E-state index contributed by atoms with van der Waals surface area (Å²) in [6, 6.07) is 6.94. The Morgan fingerprint density at radius 3 is 2.76 bits per heavy atom. The lowest BCUT2D eigenvalue weighted by Crippen LogP contribution is -2.42. The highest BCUT2D eigenvalue weighted by Crippen LogP contribution is 2.47. The maximum atomic E-state index is 13.5. The largest absolute Gasteiger partial charge is 0.355 e. The van der Waals surface area contributed by atoms with E-state index in [0.717, 1.165) is 43.0 Å². The molecule has 1 aliphatic carbocycles. The zero-order valence-corrected chi connectivity index (χ0v) is 17.2. The van der Waals surface area contributed by atoms with Gasteiger partial charge in [-0.3, -0.25) is 9.67 Å². The van der Waals surface area contributed by atoms with Gasteiger partial charge in [0.2, 0.25) is 0 Å². The maximum Gasteiger partial charge on any atom is 0.193 e. The first-order valence-corrected chi connectivity index (χ1v) is 8.18. The molecule has 0 aliphatic heterocycles. The highest BCUT2D eigenvalue weighted by molar-refractivity contribution is 14.0. The Labute approximate surface area is 165 Å². The lowest BCUT2D eigenvalue weighted by molar-refractivity contribution is 0.469. The highest BCUT2D eigenvalue weighted by atomic mass is 127. The molecule has 0 spiro atoms. The second-order valence-electron chi connectivity index (χ2n) is 6.57. The zero-order chi connectivity index (χ0) is 17.2. The molecule has 0 bridgehead atoms. The smallest absolute Gasteiger partial charge is 0.193 e. The Bertz CT molecular complexity index is 739. The standard InChI is InChI=1S/C18H24FN5.HI/c1-20-17(23(2)11-14-10-22-24(3)12-14)21-13-18(7-8-18)15-5-4-6-16(19)9-15;/h4-6,9-10,12H,7-8,11,13H2,1-3H3,(H,20,21);1H. The van der Waals surface area contributed by atoms with Crippen LogP contribution in [0.4, 0.5) is 4.39 Å². The molecule has 5 nitrogen and oxygen atoms in total. The van der Waals surface area contributed by atoms with E-state index in [1.54, 1.807) is 23.9 Å². The average Bonchev–Trinajstić information content (AvgIpc) is 3.24. The molecular formula is C18H25FIN5. The van der Waals surface area contributed by atoms with Gasteiger partial charge in [0.05, 0.1) is 6.20 Å². The number of halogens is 2. The van der Waals surface area contributed by atoms with Crippen molar-refractivity contribution in [3.05, 3.63) is 53.6 Å². The van der Waals surface area contributed by atoms with Crippen LogP contribution in [0.5, 0.6) is 0 Å². The van der Waals surface area contributed by atoms with Gasteiger partial charge in [-0.15, -0.1) is 24.0 Å². The maximum absolute atomic E-state index is 13.5. The number of aliphatic imine (C=N–C) groups is 1. The van der Waals surface area contributed by atoms with Crippen LogP contribution in [-0.4, -0.2) is 41.3 Å². The van der Waals surface area contributed by atoms with E-state index in [2.05, 4.69) is 20.3 Å². The van der Waals surface area contributed by atoms with Gasteiger partial charge in [-0.05, 0) is 30.5 Å². The molecule has 0 saturated heterocycles. The molecular weight excluding hydrogens is 432 g/mol. The molecule has 0 atom stereocenters. The molecule has 0 unspecified atom stereocenters. The number of nitrogens with zero attached hydrogens (tertiary/aromatic N) is 4. The zero-order valence-electron chi connectivity index (χ0n) is 14.9. The molecule has 1 heterocycles. The van der Waals surface area contributed by atoms with E-state index in [9.17, 15) is 4.39 Å². The van der Waals surface area contributed by atoms with Crippen molar-refractivity contribution in [1.29, 1.82) is 0 Å². The quantitative estimate of drug-likeness (QED) is 0.427. The van der Waals surface area contributed by atoms with Gasteiger partial charge in [-0.25, -0.2) is 4.39 Å². The van der Waals surface area contributed by atoms with Gasteiger partial charge in [0, 0.05) is 51.4 Å². The molecule has 1 aromatic heterocycles. The second-order valence-corrected chi connectivity index (χ2v) is 6.57. The van der Waals surface area contributed by atoms with Gasteiger partial charge in [0.25, 0.3) is 0 Å². The summed E-state index contributed by atoms with van der Waals surface area (Å²) in [4.78, 5) is 6.43. The van der Waals surface area contributed by atoms with Gasteiger partial charge >= 0.3 is 0 Å². The summed E-state index contributed by atoms with van der Waals surface area (Å²) in [6.07, 6.45) is 6.01. The summed E-state index contributed by atoms with van der Waals surface area (Å²) >= 11 is 0. The summed E-state index contributed by atoms with van der Waals surface area (Å²) in [7, 11) is 5.69. The fraction of sp³-hybridized carbons (Fsp3) is 0.444. The fourth-order valence-corrected chi connectivity index (χ4v) is 3.07. The van der Waals surface area contributed by atoms with Crippen LogP contribution in [0.25, 0.3) is 0 Å². The van der Waals surface area contributed by atoms with E-state index >= 15 is 0 Å². The van der Waals surface area contributed by atoms with Crippen LogP contribution in [0.2, 0.25) is 0 Å². The topological polar surface area (TPSA) is 45.5 Å². The average molecular weight is 457 g/mol. The van der Waals surface area contributed by atoms with Crippen molar-refractivity contribution in [2.24, 2.45) is 12.0 Å². The molecule has 25 heavy (non-hydrogen) atoms. The number of rotatable bonds is 5. The van der Waals surface area contributed by atoms with Crippen LogP contribution < -0.4 is 5.32 Å². The minimum absolute atomic E-state index is 0. The Morgan fingerprint density at radius 1 is 1.44 bits per heavy atom. The Hall–Kier alpha value is -1.64. The minimum atomic E-state index is -0.170. The normalized spacial score (nSPS) is 15.4. The molecule has 1 aromatic carbocycles. The van der Waals surface area contributed by atoms with Crippen molar-refractivity contribution >= 4 is 29.9 Å². The molecule has 1 fully saturated rings. The van der Waals surface area contributed by atoms with Gasteiger partial charge in [-0.1, -0.05) is 12.1 Å². The Balaban J connectivity index is 0.00000225. The summed E-state index contributed by atoms with van der Waals surface area (Å²) in [5, 5.41) is 7.64. The van der Waals surface area contributed by atoms with E-state index in [-0.39, 0.29) is 35.2 Å². The number of guanidine groups is 1. The molecule has 136 valence electrons. The van der Waals surface area contributed by atoms with Crippen LogP contribution in [0.3, 0.4) is 0 Å². The summed E-state index contributed by atoms with van der Waals surface area (Å²) in [5.74, 6) is 0.665. The number of aryl methyl sites for hydroxylation is 1. The van der Waals surface area contributed by atoms with Crippen molar-refractivity contribution in [3.8, 4) is 0 Å². The highest BCUT2D eigenvalue weighted by Gasteiger charge is 2.44. The van der Waals surface area contributed by atoms with Crippen LogP contribution >= 0.6 is 24.0 Å². The Morgan fingerprint density at radius 2 is 2.20 bits per heavy atom. The van der Waals surface area contributed by atoms with Crippen LogP contribution in [0, 0.1) is 5.82 Å². The molecule has 0 amide bonds. The third-order valence-electron chi connectivity index (χ3n) is 4.63. The van der Waals surface area contributed by atoms with Crippen LogP contribution in [0.1, 0.15) is 24.0 Å². The monoisotopic (exact) mass is 457 g/mol. The van der Waals surface area contributed by atoms with Gasteiger partial charge in [-0.2, -0.15) is 5.10 Å². The molecule has 7 heteroatoms. The number of benzene rings is 1. The van der Waals surface area contributed by atoms with E-state index < -0.39 is 0 Å². The van der Waals surface area contributed by atoms with Gasteiger partial charge < -0.3 is 10.2 Å². The van der Waals surface area contributed by atoms with E-state index in [1.807, 2.05) is 32.6 Å². The van der Waals surface area contributed by atoms with Crippen molar-refractivity contribution < 1.29 is 4.39 Å². The first-order valence-electron chi connectivity index (χ1n) is 8.18. The van der Waals surface area contributed by atoms with E-state index in [4.69, 9.17) is 0 Å². The number of hydrogen-bond donors (Lipinski definition) is 1. The predicted octanol–water partition coefficient (Wildman–Crippen LogP) is 2.92.